The van der Waals surface area contributed by atoms with Gasteiger partial charge in [-0.05, 0) is 31.5 Å². The first kappa shape index (κ1) is 12.4. The number of amides is 1. The zero-order chi connectivity index (χ0) is 13.1. The Morgan fingerprint density at radius 1 is 1.39 bits per heavy atom. The van der Waals surface area contributed by atoms with Crippen LogP contribution in [-0.4, -0.2) is 34.7 Å². The summed E-state index contributed by atoms with van der Waals surface area (Å²) in [7, 11) is 0. The Bertz CT molecular complexity index is 481. The molecule has 0 aromatic heterocycles. The molecule has 0 radical (unpaired) electrons. The summed E-state index contributed by atoms with van der Waals surface area (Å²) in [5, 5.41) is 23.9. The van der Waals surface area contributed by atoms with E-state index in [1.165, 1.54) is 18.2 Å². The van der Waals surface area contributed by atoms with Crippen LogP contribution in [0.1, 0.15) is 23.2 Å². The van der Waals surface area contributed by atoms with Crippen molar-refractivity contribution in [2.45, 2.75) is 18.9 Å². The molecule has 1 aromatic rings. The second-order valence-corrected chi connectivity index (χ2v) is 4.18. The maximum absolute atomic E-state index is 11.8. The van der Waals surface area contributed by atoms with Crippen LogP contribution in [0.3, 0.4) is 0 Å². The van der Waals surface area contributed by atoms with Crippen LogP contribution in [0.25, 0.3) is 0 Å². The first-order valence-electron chi connectivity index (χ1n) is 5.68. The second kappa shape index (κ2) is 5.05. The highest BCUT2D eigenvalue weighted by atomic mass is 16.4. The number of hydrogen-bond donors (Lipinski definition) is 4. The first-order chi connectivity index (χ1) is 8.58. The summed E-state index contributed by atoms with van der Waals surface area (Å²) in [6, 6.07) is 3.73. The smallest absolute Gasteiger partial charge is 0.339 e. The molecule has 6 heteroatoms. The summed E-state index contributed by atoms with van der Waals surface area (Å²) in [6.07, 6.45) is 1.74. The van der Waals surface area contributed by atoms with E-state index in [1.807, 2.05) is 0 Å². The van der Waals surface area contributed by atoms with Gasteiger partial charge in [-0.15, -0.1) is 0 Å². The van der Waals surface area contributed by atoms with Crippen molar-refractivity contribution < 1.29 is 19.8 Å². The Balaban J connectivity index is 2.07. The highest BCUT2D eigenvalue weighted by Crippen LogP contribution is 2.22. The number of rotatable bonds is 3. The number of aromatic hydroxyl groups is 1. The zero-order valence-electron chi connectivity index (χ0n) is 9.64. The number of anilines is 1. The molecule has 0 aliphatic carbocycles. The molecule has 0 unspecified atom stereocenters. The van der Waals surface area contributed by atoms with E-state index < -0.39 is 5.97 Å². The Kier molecular flexibility index (Phi) is 3.47. The molecule has 18 heavy (non-hydrogen) atoms. The maximum atomic E-state index is 11.8. The average molecular weight is 250 g/mol. The van der Waals surface area contributed by atoms with Crippen LogP contribution in [0.2, 0.25) is 0 Å². The molecule has 6 nitrogen and oxygen atoms in total. The quantitative estimate of drug-likeness (QED) is 0.635. The molecule has 1 aliphatic heterocycles. The lowest BCUT2D eigenvalue weighted by atomic mass is 10.1. The van der Waals surface area contributed by atoms with Gasteiger partial charge in [0.2, 0.25) is 5.91 Å². The van der Waals surface area contributed by atoms with Crippen LogP contribution in [0, 0.1) is 0 Å². The van der Waals surface area contributed by atoms with Crippen LogP contribution < -0.4 is 10.6 Å². The van der Waals surface area contributed by atoms with Gasteiger partial charge in [0.15, 0.2) is 0 Å². The molecule has 1 aromatic carbocycles. The number of phenols is 1. The van der Waals surface area contributed by atoms with Gasteiger partial charge in [-0.1, -0.05) is 0 Å². The molecular formula is C12H14N2O4. The van der Waals surface area contributed by atoms with Gasteiger partial charge in [-0.3, -0.25) is 4.79 Å². The van der Waals surface area contributed by atoms with E-state index in [9.17, 15) is 14.7 Å². The number of carboxylic acid groups (broad SMARTS) is 1. The molecule has 1 saturated heterocycles. The lowest BCUT2D eigenvalue weighted by molar-refractivity contribution is -0.117. The van der Waals surface area contributed by atoms with Crippen LogP contribution in [0.5, 0.6) is 5.75 Å². The van der Waals surface area contributed by atoms with E-state index in [-0.39, 0.29) is 23.3 Å². The van der Waals surface area contributed by atoms with Crippen LogP contribution in [0.4, 0.5) is 5.69 Å². The van der Waals surface area contributed by atoms with Crippen molar-refractivity contribution in [2.24, 2.45) is 0 Å². The summed E-state index contributed by atoms with van der Waals surface area (Å²) >= 11 is 0. The predicted molar refractivity (Wildman–Crippen MR) is 64.7 cm³/mol. The van der Waals surface area contributed by atoms with E-state index in [1.54, 1.807) is 0 Å². The summed E-state index contributed by atoms with van der Waals surface area (Å²) in [5.74, 6) is -1.74. The van der Waals surface area contributed by atoms with Crippen molar-refractivity contribution in [2.75, 3.05) is 11.9 Å². The number of nitrogens with one attached hydrogen (secondary N) is 2. The summed E-state index contributed by atoms with van der Waals surface area (Å²) < 4.78 is 0. The number of benzene rings is 1. The third kappa shape index (κ3) is 2.60. The lowest BCUT2D eigenvalue weighted by Crippen LogP contribution is -2.35. The minimum absolute atomic E-state index is 0.171. The predicted octanol–water partition coefficient (Wildman–Crippen LogP) is 0.781. The third-order valence-electron chi connectivity index (χ3n) is 2.87. The fraction of sp³-hybridized carbons (Fsp3) is 0.333. The average Bonchev–Trinajstić information content (AvgIpc) is 2.81. The van der Waals surface area contributed by atoms with E-state index in [0.29, 0.717) is 5.69 Å². The van der Waals surface area contributed by atoms with Crippen molar-refractivity contribution in [1.82, 2.24) is 5.32 Å². The van der Waals surface area contributed by atoms with Crippen molar-refractivity contribution in [1.29, 1.82) is 0 Å². The van der Waals surface area contributed by atoms with Gasteiger partial charge < -0.3 is 20.8 Å². The standard InChI is InChI=1S/C12H14N2O4/c15-10-6-7(3-4-8(10)12(17)18)14-11(16)9-2-1-5-13-9/h3-4,6,9,13,15H,1-2,5H2,(H,14,16)(H,17,18)/t9-/m0/s1. The van der Waals surface area contributed by atoms with Crippen LogP contribution >= 0.6 is 0 Å². The number of carbonyl (C=O) groups excluding carboxylic acids is 1. The fourth-order valence-electron chi connectivity index (χ4n) is 1.93. The highest BCUT2D eigenvalue weighted by Gasteiger charge is 2.22. The molecule has 1 fully saturated rings. The summed E-state index contributed by atoms with van der Waals surface area (Å²) in [6.45, 7) is 0.821. The van der Waals surface area contributed by atoms with E-state index in [4.69, 9.17) is 5.11 Å². The SMILES string of the molecule is O=C(O)c1ccc(NC(=O)[C@@H]2CCCN2)cc1O. The van der Waals surface area contributed by atoms with Gasteiger partial charge in [-0.2, -0.15) is 0 Å². The number of carbonyl (C=O) groups is 2. The molecule has 4 N–H and O–H groups in total. The van der Waals surface area contributed by atoms with Crippen molar-refractivity contribution in [3.63, 3.8) is 0 Å². The lowest BCUT2D eigenvalue weighted by Gasteiger charge is -2.11. The van der Waals surface area contributed by atoms with Crippen molar-refractivity contribution >= 4 is 17.6 Å². The minimum atomic E-state index is -1.21. The number of hydrogen-bond acceptors (Lipinski definition) is 4. The van der Waals surface area contributed by atoms with Gasteiger partial charge in [-0.25, -0.2) is 4.79 Å². The third-order valence-corrected chi connectivity index (χ3v) is 2.87. The van der Waals surface area contributed by atoms with Gasteiger partial charge in [0.1, 0.15) is 11.3 Å². The maximum Gasteiger partial charge on any atom is 0.339 e. The Labute approximate surface area is 104 Å². The first-order valence-corrected chi connectivity index (χ1v) is 5.68. The summed E-state index contributed by atoms with van der Waals surface area (Å²) in [5.41, 5.74) is 0.197. The molecule has 1 atom stereocenters. The van der Waals surface area contributed by atoms with E-state index in [0.717, 1.165) is 19.4 Å². The van der Waals surface area contributed by atoms with E-state index in [2.05, 4.69) is 10.6 Å². The molecule has 2 rings (SSSR count). The Morgan fingerprint density at radius 2 is 2.17 bits per heavy atom. The summed E-state index contributed by atoms with van der Waals surface area (Å²) in [4.78, 5) is 22.5. The minimum Gasteiger partial charge on any atom is -0.507 e. The zero-order valence-corrected chi connectivity index (χ0v) is 9.64. The second-order valence-electron chi connectivity index (χ2n) is 4.18. The topological polar surface area (TPSA) is 98.7 Å². The van der Waals surface area contributed by atoms with Crippen LogP contribution in [-0.2, 0) is 4.79 Å². The normalized spacial score (nSPS) is 18.6. The van der Waals surface area contributed by atoms with Crippen molar-refractivity contribution in [3.8, 4) is 5.75 Å². The molecule has 1 amide bonds. The Morgan fingerprint density at radius 3 is 2.72 bits per heavy atom. The van der Waals surface area contributed by atoms with E-state index >= 15 is 0 Å². The van der Waals surface area contributed by atoms with Gasteiger partial charge in [0.05, 0.1) is 6.04 Å². The highest BCUT2D eigenvalue weighted by molar-refractivity contribution is 5.96. The monoisotopic (exact) mass is 250 g/mol. The number of aromatic carboxylic acids is 1. The molecule has 0 spiro atoms. The van der Waals surface area contributed by atoms with Gasteiger partial charge >= 0.3 is 5.97 Å². The number of carboxylic acids is 1. The fourth-order valence-corrected chi connectivity index (χ4v) is 1.93. The van der Waals surface area contributed by atoms with Crippen LogP contribution in [0.15, 0.2) is 18.2 Å². The van der Waals surface area contributed by atoms with Gasteiger partial charge in [0, 0.05) is 11.8 Å². The molecule has 0 saturated carbocycles. The van der Waals surface area contributed by atoms with Crippen molar-refractivity contribution in [3.05, 3.63) is 23.8 Å². The molecule has 0 bridgehead atoms. The molecular weight excluding hydrogens is 236 g/mol. The molecule has 96 valence electrons. The Hall–Kier alpha value is -2.08. The molecule has 1 heterocycles. The largest absolute Gasteiger partial charge is 0.507 e. The van der Waals surface area contributed by atoms with Gasteiger partial charge in [0.25, 0.3) is 0 Å². The molecule has 1 aliphatic rings.